The Balaban J connectivity index is 1.87. The molecule has 0 unspecified atom stereocenters. The van der Waals surface area contributed by atoms with Gasteiger partial charge >= 0.3 is 0 Å². The largest absolute Gasteiger partial charge is 0.491 e. The molecule has 0 saturated carbocycles. The summed E-state index contributed by atoms with van der Waals surface area (Å²) in [5.41, 5.74) is 2.20. The van der Waals surface area contributed by atoms with Crippen molar-refractivity contribution in [1.29, 1.82) is 0 Å². The van der Waals surface area contributed by atoms with Gasteiger partial charge in [0.1, 0.15) is 5.75 Å². The van der Waals surface area contributed by atoms with E-state index in [0.717, 1.165) is 16.9 Å². The molecule has 7 nitrogen and oxygen atoms in total. The SMILES string of the molecule is CN=C(NCCN1CCCS1(=O)=O)NCc1ccc(C)cc1OC(C)C. The number of rotatable bonds is 7. The molecule has 1 heterocycles. The highest BCUT2D eigenvalue weighted by molar-refractivity contribution is 7.89. The zero-order chi connectivity index (χ0) is 19.2. The van der Waals surface area contributed by atoms with Gasteiger partial charge in [-0.3, -0.25) is 4.99 Å². The van der Waals surface area contributed by atoms with Crippen LogP contribution in [0, 0.1) is 6.92 Å². The third-order valence-electron chi connectivity index (χ3n) is 4.11. The third kappa shape index (κ3) is 5.88. The predicted octanol–water partition coefficient (Wildman–Crippen LogP) is 1.48. The number of hydrogen-bond donors (Lipinski definition) is 2. The first-order chi connectivity index (χ1) is 12.3. The van der Waals surface area contributed by atoms with E-state index in [0.29, 0.717) is 38.6 Å². The van der Waals surface area contributed by atoms with Gasteiger partial charge in [-0.2, -0.15) is 0 Å². The van der Waals surface area contributed by atoms with E-state index >= 15 is 0 Å². The number of ether oxygens (including phenoxy) is 1. The van der Waals surface area contributed by atoms with Crippen LogP contribution in [0.5, 0.6) is 5.75 Å². The van der Waals surface area contributed by atoms with Crippen LogP contribution in [0.25, 0.3) is 0 Å². The molecular formula is C18H30N4O3S. The molecule has 0 bridgehead atoms. The van der Waals surface area contributed by atoms with Gasteiger partial charge in [-0.15, -0.1) is 0 Å². The predicted molar refractivity (Wildman–Crippen MR) is 105 cm³/mol. The van der Waals surface area contributed by atoms with E-state index in [2.05, 4.69) is 21.7 Å². The van der Waals surface area contributed by atoms with Crippen molar-refractivity contribution >= 4 is 16.0 Å². The van der Waals surface area contributed by atoms with E-state index in [-0.39, 0.29) is 11.9 Å². The Labute approximate surface area is 156 Å². The summed E-state index contributed by atoms with van der Waals surface area (Å²) in [7, 11) is -1.35. The molecule has 2 N–H and O–H groups in total. The van der Waals surface area contributed by atoms with Crippen LogP contribution in [0.15, 0.2) is 23.2 Å². The van der Waals surface area contributed by atoms with E-state index in [1.54, 1.807) is 7.05 Å². The first-order valence-corrected chi connectivity index (χ1v) is 10.6. The molecule has 8 heteroatoms. The molecule has 0 spiro atoms. The van der Waals surface area contributed by atoms with Crippen molar-refractivity contribution in [2.45, 2.75) is 39.8 Å². The zero-order valence-corrected chi connectivity index (χ0v) is 16.9. The van der Waals surface area contributed by atoms with E-state index in [1.165, 1.54) is 4.31 Å². The Morgan fingerprint density at radius 2 is 2.12 bits per heavy atom. The lowest BCUT2D eigenvalue weighted by atomic mass is 10.1. The minimum absolute atomic E-state index is 0.107. The van der Waals surface area contributed by atoms with Crippen LogP contribution in [0.4, 0.5) is 0 Å². The van der Waals surface area contributed by atoms with Gasteiger partial charge in [0.05, 0.1) is 11.9 Å². The topological polar surface area (TPSA) is 83.0 Å². The number of sulfonamides is 1. The van der Waals surface area contributed by atoms with Crippen LogP contribution in [-0.4, -0.2) is 57.2 Å². The lowest BCUT2D eigenvalue weighted by Gasteiger charge is -2.18. The van der Waals surface area contributed by atoms with Crippen molar-refractivity contribution in [3.8, 4) is 5.75 Å². The van der Waals surface area contributed by atoms with E-state index in [1.807, 2.05) is 32.9 Å². The third-order valence-corrected chi connectivity index (χ3v) is 6.07. The van der Waals surface area contributed by atoms with Gasteiger partial charge in [-0.25, -0.2) is 12.7 Å². The average Bonchev–Trinajstić information content (AvgIpc) is 2.90. The van der Waals surface area contributed by atoms with Crippen molar-refractivity contribution in [2.75, 3.05) is 32.4 Å². The molecule has 1 aliphatic rings. The molecule has 146 valence electrons. The van der Waals surface area contributed by atoms with E-state index in [4.69, 9.17) is 4.74 Å². The zero-order valence-electron chi connectivity index (χ0n) is 16.1. The Kier molecular flexibility index (Phi) is 7.28. The van der Waals surface area contributed by atoms with E-state index < -0.39 is 10.0 Å². The molecule has 0 atom stereocenters. The van der Waals surface area contributed by atoms with Crippen molar-refractivity contribution in [3.63, 3.8) is 0 Å². The number of benzene rings is 1. The first-order valence-electron chi connectivity index (χ1n) is 9.00. The second kappa shape index (κ2) is 9.23. The minimum atomic E-state index is -3.05. The number of hydrogen-bond acceptors (Lipinski definition) is 4. The molecule has 1 fully saturated rings. The molecular weight excluding hydrogens is 352 g/mol. The van der Waals surface area contributed by atoms with Crippen LogP contribution < -0.4 is 15.4 Å². The van der Waals surface area contributed by atoms with Crippen LogP contribution in [0.1, 0.15) is 31.4 Å². The smallest absolute Gasteiger partial charge is 0.214 e. The second-order valence-corrected chi connectivity index (χ2v) is 8.79. The summed E-state index contributed by atoms with van der Waals surface area (Å²) in [4.78, 5) is 4.20. The summed E-state index contributed by atoms with van der Waals surface area (Å²) in [6, 6.07) is 6.13. The molecule has 0 aromatic heterocycles. The monoisotopic (exact) mass is 382 g/mol. The van der Waals surface area contributed by atoms with Gasteiger partial charge in [0, 0.05) is 38.8 Å². The number of aryl methyl sites for hydroxylation is 1. The molecule has 26 heavy (non-hydrogen) atoms. The Morgan fingerprint density at radius 3 is 2.73 bits per heavy atom. The molecule has 1 saturated heterocycles. The second-order valence-electron chi connectivity index (χ2n) is 6.70. The number of guanidine groups is 1. The Morgan fingerprint density at radius 1 is 1.35 bits per heavy atom. The summed E-state index contributed by atoms with van der Waals surface area (Å²) in [6.07, 6.45) is 0.817. The van der Waals surface area contributed by atoms with Gasteiger partial charge in [-0.05, 0) is 38.8 Å². The van der Waals surface area contributed by atoms with Crippen molar-refractivity contribution in [1.82, 2.24) is 14.9 Å². The summed E-state index contributed by atoms with van der Waals surface area (Å²) in [5, 5.41) is 6.42. The minimum Gasteiger partial charge on any atom is -0.491 e. The average molecular weight is 383 g/mol. The summed E-state index contributed by atoms with van der Waals surface area (Å²) < 4.78 is 31.0. The fraction of sp³-hybridized carbons (Fsp3) is 0.611. The first kappa shape index (κ1) is 20.5. The maximum atomic E-state index is 11.8. The lowest BCUT2D eigenvalue weighted by molar-refractivity contribution is 0.239. The maximum Gasteiger partial charge on any atom is 0.214 e. The maximum absolute atomic E-state index is 11.8. The van der Waals surface area contributed by atoms with Gasteiger partial charge in [0.15, 0.2) is 5.96 Å². The van der Waals surface area contributed by atoms with Crippen molar-refractivity contribution < 1.29 is 13.2 Å². The fourth-order valence-electron chi connectivity index (χ4n) is 2.81. The normalized spacial score (nSPS) is 17.5. The number of nitrogens with one attached hydrogen (secondary N) is 2. The van der Waals surface area contributed by atoms with Gasteiger partial charge in [0.2, 0.25) is 10.0 Å². The highest BCUT2D eigenvalue weighted by Gasteiger charge is 2.27. The quantitative estimate of drug-likeness (QED) is 0.551. The molecule has 0 aliphatic carbocycles. The molecule has 1 aliphatic heterocycles. The van der Waals surface area contributed by atoms with Gasteiger partial charge in [-0.1, -0.05) is 12.1 Å². The van der Waals surface area contributed by atoms with Crippen LogP contribution in [0.3, 0.4) is 0 Å². The van der Waals surface area contributed by atoms with E-state index in [9.17, 15) is 8.42 Å². The van der Waals surface area contributed by atoms with Gasteiger partial charge in [0.25, 0.3) is 0 Å². The Bertz CT molecular complexity index is 732. The number of nitrogens with zero attached hydrogens (tertiary/aromatic N) is 2. The summed E-state index contributed by atoms with van der Waals surface area (Å²) >= 11 is 0. The lowest BCUT2D eigenvalue weighted by Crippen LogP contribution is -2.41. The standard InChI is InChI=1S/C18H30N4O3S/c1-14(2)25-17-12-15(3)6-7-16(17)13-21-18(19-4)20-8-10-22-9-5-11-26(22,23)24/h6-7,12,14H,5,8-11,13H2,1-4H3,(H2,19,20,21). The fourth-order valence-corrected chi connectivity index (χ4v) is 4.34. The number of aliphatic imine (C=N–C) groups is 1. The summed E-state index contributed by atoms with van der Waals surface area (Å²) in [5.74, 6) is 1.76. The molecule has 0 amide bonds. The van der Waals surface area contributed by atoms with Crippen LogP contribution in [0.2, 0.25) is 0 Å². The molecule has 1 aromatic rings. The van der Waals surface area contributed by atoms with Crippen LogP contribution in [-0.2, 0) is 16.6 Å². The van der Waals surface area contributed by atoms with Crippen molar-refractivity contribution in [2.24, 2.45) is 4.99 Å². The molecule has 0 radical (unpaired) electrons. The highest BCUT2D eigenvalue weighted by atomic mass is 32.2. The molecule has 2 rings (SSSR count). The van der Waals surface area contributed by atoms with Crippen molar-refractivity contribution in [3.05, 3.63) is 29.3 Å². The molecule has 1 aromatic carbocycles. The Hall–Kier alpha value is -1.80. The van der Waals surface area contributed by atoms with Crippen LogP contribution >= 0.6 is 0 Å². The van der Waals surface area contributed by atoms with Gasteiger partial charge < -0.3 is 15.4 Å². The highest BCUT2D eigenvalue weighted by Crippen LogP contribution is 2.21. The summed E-state index contributed by atoms with van der Waals surface area (Å²) in [6.45, 7) is 8.20.